The second kappa shape index (κ2) is 16.4. The van der Waals surface area contributed by atoms with Crippen LogP contribution in [0.5, 0.6) is 0 Å². The Balaban J connectivity index is 3.73. The highest BCUT2D eigenvalue weighted by molar-refractivity contribution is 4.63. The van der Waals surface area contributed by atoms with Crippen molar-refractivity contribution < 1.29 is 0 Å². The normalized spacial score (nSPS) is 14.3. The van der Waals surface area contributed by atoms with Crippen LogP contribution in [0.25, 0.3) is 0 Å². The first-order chi connectivity index (χ1) is 10.2. The molecule has 0 spiro atoms. The van der Waals surface area contributed by atoms with E-state index in [1.54, 1.807) is 0 Å². The molecule has 0 aromatic carbocycles. The molecule has 0 nitrogen and oxygen atoms in total. The van der Waals surface area contributed by atoms with Crippen molar-refractivity contribution in [3.05, 3.63) is 0 Å². The highest BCUT2D eigenvalue weighted by atomic mass is 14.2. The molecule has 21 heavy (non-hydrogen) atoms. The Kier molecular flexibility index (Phi) is 16.4. The van der Waals surface area contributed by atoms with Gasteiger partial charge in [0, 0.05) is 0 Å². The lowest BCUT2D eigenvalue weighted by Crippen LogP contribution is -2.03. The van der Waals surface area contributed by atoms with Crippen molar-refractivity contribution in [1.82, 2.24) is 0 Å². The van der Waals surface area contributed by atoms with Crippen LogP contribution in [-0.2, 0) is 0 Å². The van der Waals surface area contributed by atoms with Crippen molar-refractivity contribution in [2.45, 2.75) is 124 Å². The minimum absolute atomic E-state index is 0.960. The van der Waals surface area contributed by atoms with Crippen molar-refractivity contribution in [3.63, 3.8) is 0 Å². The van der Waals surface area contributed by atoms with Gasteiger partial charge in [0.1, 0.15) is 0 Å². The van der Waals surface area contributed by atoms with Gasteiger partial charge in [-0.25, -0.2) is 0 Å². The third kappa shape index (κ3) is 14.7. The van der Waals surface area contributed by atoms with E-state index in [2.05, 4.69) is 27.7 Å². The lowest BCUT2D eigenvalue weighted by atomic mass is 9.88. The van der Waals surface area contributed by atoms with Crippen LogP contribution in [0.15, 0.2) is 0 Å². The fraction of sp³-hybridized carbons (Fsp3) is 1.00. The topological polar surface area (TPSA) is 0 Å². The number of hydrogen-bond donors (Lipinski definition) is 0. The summed E-state index contributed by atoms with van der Waals surface area (Å²) in [5.74, 6) is 1.99. The van der Waals surface area contributed by atoms with E-state index in [0.717, 1.165) is 11.8 Å². The van der Waals surface area contributed by atoms with Gasteiger partial charge in [-0.05, 0) is 11.8 Å². The first-order valence-corrected chi connectivity index (χ1v) is 10.2. The molecular formula is C21H44. The number of unbranched alkanes of at least 4 members (excludes halogenated alkanes) is 6. The summed E-state index contributed by atoms with van der Waals surface area (Å²) in [5.41, 5.74) is 0. The third-order valence-corrected chi connectivity index (χ3v) is 5.04. The lowest BCUT2D eigenvalue weighted by Gasteiger charge is -2.18. The fourth-order valence-electron chi connectivity index (χ4n) is 3.41. The molecule has 0 amide bonds. The van der Waals surface area contributed by atoms with Gasteiger partial charge >= 0.3 is 0 Å². The van der Waals surface area contributed by atoms with E-state index in [1.165, 1.54) is 96.3 Å². The van der Waals surface area contributed by atoms with Crippen LogP contribution in [-0.4, -0.2) is 0 Å². The Morgan fingerprint density at radius 3 is 1.62 bits per heavy atom. The van der Waals surface area contributed by atoms with Gasteiger partial charge in [0.05, 0.1) is 0 Å². The predicted molar refractivity (Wildman–Crippen MR) is 98.9 cm³/mol. The van der Waals surface area contributed by atoms with Crippen LogP contribution in [0.1, 0.15) is 124 Å². The maximum atomic E-state index is 2.46. The van der Waals surface area contributed by atoms with Crippen molar-refractivity contribution in [2.24, 2.45) is 11.8 Å². The first kappa shape index (κ1) is 21.0. The summed E-state index contributed by atoms with van der Waals surface area (Å²) in [6.45, 7) is 9.42. The zero-order chi connectivity index (χ0) is 15.8. The average molecular weight is 297 g/mol. The van der Waals surface area contributed by atoms with Crippen LogP contribution in [0.4, 0.5) is 0 Å². The maximum Gasteiger partial charge on any atom is -0.0414 e. The Morgan fingerprint density at radius 2 is 0.952 bits per heavy atom. The van der Waals surface area contributed by atoms with Crippen LogP contribution in [0.3, 0.4) is 0 Å². The molecule has 0 heteroatoms. The van der Waals surface area contributed by atoms with Gasteiger partial charge in [-0.15, -0.1) is 0 Å². The van der Waals surface area contributed by atoms with Crippen LogP contribution in [0, 0.1) is 11.8 Å². The standard InChI is InChI=1S/C21H44/c1-5-8-11-12-13-18-21(17-10-7-3)19-14-16-20(4)15-9-6-2/h20-21H,5-19H2,1-4H3. The van der Waals surface area contributed by atoms with E-state index in [-0.39, 0.29) is 0 Å². The van der Waals surface area contributed by atoms with E-state index in [0.29, 0.717) is 0 Å². The molecule has 128 valence electrons. The molecule has 0 saturated carbocycles. The molecule has 0 rings (SSSR count). The lowest BCUT2D eigenvalue weighted by molar-refractivity contribution is 0.353. The summed E-state index contributed by atoms with van der Waals surface area (Å²) in [6.07, 6.45) is 21.8. The summed E-state index contributed by atoms with van der Waals surface area (Å²) >= 11 is 0. The Labute approximate surface area is 136 Å². The molecule has 0 aromatic rings. The molecule has 2 unspecified atom stereocenters. The number of hydrogen-bond acceptors (Lipinski definition) is 0. The van der Waals surface area contributed by atoms with Gasteiger partial charge in [0.2, 0.25) is 0 Å². The first-order valence-electron chi connectivity index (χ1n) is 10.2. The molecule has 0 aliphatic rings. The van der Waals surface area contributed by atoms with E-state index in [1.807, 2.05) is 0 Å². The maximum absolute atomic E-state index is 2.46. The van der Waals surface area contributed by atoms with Gasteiger partial charge in [0.15, 0.2) is 0 Å². The monoisotopic (exact) mass is 296 g/mol. The van der Waals surface area contributed by atoms with Crippen molar-refractivity contribution >= 4 is 0 Å². The molecule has 0 saturated heterocycles. The highest BCUT2D eigenvalue weighted by Crippen LogP contribution is 2.25. The fourth-order valence-corrected chi connectivity index (χ4v) is 3.41. The van der Waals surface area contributed by atoms with Gasteiger partial charge in [0.25, 0.3) is 0 Å². The number of rotatable bonds is 16. The van der Waals surface area contributed by atoms with E-state index >= 15 is 0 Å². The van der Waals surface area contributed by atoms with Gasteiger partial charge < -0.3 is 0 Å². The van der Waals surface area contributed by atoms with E-state index in [4.69, 9.17) is 0 Å². The third-order valence-electron chi connectivity index (χ3n) is 5.04. The molecule has 0 heterocycles. The largest absolute Gasteiger partial charge is 0.0654 e. The zero-order valence-corrected chi connectivity index (χ0v) is 15.8. The van der Waals surface area contributed by atoms with Crippen molar-refractivity contribution in [1.29, 1.82) is 0 Å². The minimum Gasteiger partial charge on any atom is -0.0654 e. The second-order valence-electron chi connectivity index (χ2n) is 7.39. The molecule has 0 aliphatic heterocycles. The molecule has 0 bridgehead atoms. The van der Waals surface area contributed by atoms with E-state index < -0.39 is 0 Å². The Hall–Kier alpha value is 0. The van der Waals surface area contributed by atoms with Gasteiger partial charge in [-0.2, -0.15) is 0 Å². The summed E-state index contributed by atoms with van der Waals surface area (Å²) in [5, 5.41) is 0. The zero-order valence-electron chi connectivity index (χ0n) is 15.8. The average Bonchev–Trinajstić information content (AvgIpc) is 2.49. The molecule has 2 atom stereocenters. The van der Waals surface area contributed by atoms with Crippen LogP contribution >= 0.6 is 0 Å². The molecule has 0 fully saturated rings. The van der Waals surface area contributed by atoms with Crippen LogP contribution in [0.2, 0.25) is 0 Å². The van der Waals surface area contributed by atoms with E-state index in [9.17, 15) is 0 Å². The Morgan fingerprint density at radius 1 is 0.476 bits per heavy atom. The van der Waals surface area contributed by atoms with Gasteiger partial charge in [-0.3, -0.25) is 0 Å². The summed E-state index contributed by atoms with van der Waals surface area (Å²) in [7, 11) is 0. The quantitative estimate of drug-likeness (QED) is 0.252. The summed E-state index contributed by atoms with van der Waals surface area (Å²) in [4.78, 5) is 0. The predicted octanol–water partition coefficient (Wildman–Crippen LogP) is 8.15. The molecule has 0 aromatic heterocycles. The molecule has 0 N–H and O–H groups in total. The SMILES string of the molecule is CCCCCCCC(CCCC)CCCC(C)CCCC. The highest BCUT2D eigenvalue weighted by Gasteiger charge is 2.09. The van der Waals surface area contributed by atoms with Crippen molar-refractivity contribution in [2.75, 3.05) is 0 Å². The van der Waals surface area contributed by atoms with Gasteiger partial charge in [-0.1, -0.05) is 124 Å². The minimum atomic E-state index is 0.960. The molecular weight excluding hydrogens is 252 g/mol. The summed E-state index contributed by atoms with van der Waals surface area (Å²) < 4.78 is 0. The molecule has 0 aliphatic carbocycles. The summed E-state index contributed by atoms with van der Waals surface area (Å²) in [6, 6.07) is 0. The second-order valence-corrected chi connectivity index (χ2v) is 7.39. The van der Waals surface area contributed by atoms with Crippen LogP contribution < -0.4 is 0 Å². The Bertz CT molecular complexity index is 184. The van der Waals surface area contributed by atoms with Crippen molar-refractivity contribution in [3.8, 4) is 0 Å². The smallest absolute Gasteiger partial charge is 0.0414 e. The molecule has 0 radical (unpaired) electrons.